The molecular weight excluding hydrogens is 454 g/mol. The van der Waals surface area contributed by atoms with Crippen molar-refractivity contribution in [3.63, 3.8) is 0 Å². The van der Waals surface area contributed by atoms with Gasteiger partial charge >= 0.3 is 0 Å². The Labute approximate surface area is 202 Å². The zero-order valence-electron chi connectivity index (χ0n) is 19.1. The van der Waals surface area contributed by atoms with Gasteiger partial charge in [0.1, 0.15) is 5.65 Å². The zero-order valence-corrected chi connectivity index (χ0v) is 19.8. The van der Waals surface area contributed by atoms with Crippen molar-refractivity contribution in [3.8, 4) is 22.4 Å². The van der Waals surface area contributed by atoms with Crippen LogP contribution in [0.3, 0.4) is 0 Å². The highest BCUT2D eigenvalue weighted by molar-refractivity contribution is 6.33. The van der Waals surface area contributed by atoms with Crippen LogP contribution >= 0.6 is 11.6 Å². The summed E-state index contributed by atoms with van der Waals surface area (Å²) < 4.78 is 6.98. The Balaban J connectivity index is 1.70. The summed E-state index contributed by atoms with van der Waals surface area (Å²) in [4.78, 5) is 31.0. The summed E-state index contributed by atoms with van der Waals surface area (Å²) in [7, 11) is 0. The van der Waals surface area contributed by atoms with Gasteiger partial charge in [-0.05, 0) is 26.0 Å². The van der Waals surface area contributed by atoms with Gasteiger partial charge in [-0.2, -0.15) is 4.98 Å². The van der Waals surface area contributed by atoms with Gasteiger partial charge in [0, 0.05) is 65.3 Å². The number of fused-ring (bicyclic) bond motifs is 1. The lowest BCUT2D eigenvalue weighted by molar-refractivity contribution is 0.151. The molecule has 0 unspecified atom stereocenters. The van der Waals surface area contributed by atoms with Crippen LogP contribution in [0.2, 0.25) is 5.02 Å². The number of rotatable bonds is 9. The fraction of sp³-hybridized carbons (Fsp3) is 0.292. The molecule has 0 fully saturated rings. The molecule has 176 valence electrons. The third-order valence-electron chi connectivity index (χ3n) is 5.35. The van der Waals surface area contributed by atoms with Gasteiger partial charge in [0.15, 0.2) is 0 Å². The van der Waals surface area contributed by atoms with E-state index in [1.165, 1.54) is 0 Å². The predicted molar refractivity (Wildman–Crippen MR) is 134 cm³/mol. The van der Waals surface area contributed by atoms with E-state index in [0.717, 1.165) is 22.3 Å². The average molecular weight is 480 g/mol. The lowest BCUT2D eigenvalue weighted by Crippen LogP contribution is -2.23. The van der Waals surface area contributed by atoms with Crippen molar-refractivity contribution in [3.05, 3.63) is 63.9 Å². The smallest absolute Gasteiger partial charge is 0.260 e. The fourth-order valence-electron chi connectivity index (χ4n) is 3.72. The number of hydrogen-bond donors (Lipinski definition) is 2. The Kier molecular flexibility index (Phi) is 7.46. The number of nitrogens with one attached hydrogen (secondary N) is 1. The van der Waals surface area contributed by atoms with Crippen LogP contribution in [0.25, 0.3) is 33.4 Å². The van der Waals surface area contributed by atoms with E-state index in [9.17, 15) is 4.79 Å². The Bertz CT molecular complexity index is 1370. The van der Waals surface area contributed by atoms with Gasteiger partial charge in [-0.15, -0.1) is 0 Å². The molecule has 9 nitrogen and oxygen atoms in total. The highest BCUT2D eigenvalue weighted by Gasteiger charge is 2.16. The van der Waals surface area contributed by atoms with E-state index in [2.05, 4.69) is 25.3 Å². The molecule has 0 radical (unpaired) electrons. The van der Waals surface area contributed by atoms with Crippen molar-refractivity contribution in [2.75, 3.05) is 31.6 Å². The molecule has 4 rings (SSSR count). The van der Waals surface area contributed by atoms with Crippen LogP contribution in [0, 0.1) is 6.92 Å². The zero-order chi connectivity index (χ0) is 24.1. The molecule has 0 spiro atoms. The molecule has 3 aromatic heterocycles. The minimum absolute atomic E-state index is 0.170. The van der Waals surface area contributed by atoms with Gasteiger partial charge < -0.3 is 15.8 Å². The summed E-state index contributed by atoms with van der Waals surface area (Å²) >= 11 is 6.65. The summed E-state index contributed by atoms with van der Waals surface area (Å²) in [6.45, 7) is 6.25. The third kappa shape index (κ3) is 4.91. The first-order valence-electron chi connectivity index (χ1n) is 11.0. The van der Waals surface area contributed by atoms with E-state index in [4.69, 9.17) is 22.1 Å². The molecule has 10 heteroatoms. The Morgan fingerprint density at radius 1 is 1.12 bits per heavy atom. The molecule has 34 heavy (non-hydrogen) atoms. The molecule has 0 amide bonds. The number of nitrogens with zero attached hydrogens (tertiary/aromatic N) is 5. The highest BCUT2D eigenvalue weighted by Crippen LogP contribution is 2.32. The summed E-state index contributed by atoms with van der Waals surface area (Å²) in [5.74, 6) is 0.430. The van der Waals surface area contributed by atoms with Gasteiger partial charge in [-0.25, -0.2) is 4.98 Å². The molecule has 0 aliphatic carbocycles. The number of benzene rings is 1. The molecule has 0 bridgehead atoms. The van der Waals surface area contributed by atoms with Gasteiger partial charge in [0.2, 0.25) is 5.95 Å². The number of anilines is 1. The molecule has 3 N–H and O–H groups in total. The summed E-state index contributed by atoms with van der Waals surface area (Å²) in [5.41, 5.74) is 9.32. The van der Waals surface area contributed by atoms with E-state index in [1.807, 2.05) is 32.0 Å². The van der Waals surface area contributed by atoms with Crippen LogP contribution in [0.4, 0.5) is 5.95 Å². The minimum Gasteiger partial charge on any atom is -0.378 e. The number of halogens is 1. The number of hydrogen-bond acceptors (Lipinski definition) is 8. The molecule has 4 aromatic rings. The molecule has 3 heterocycles. The van der Waals surface area contributed by atoms with Crippen molar-refractivity contribution < 1.29 is 4.74 Å². The lowest BCUT2D eigenvalue weighted by Gasteiger charge is -2.13. The molecule has 0 aliphatic rings. The standard InChI is InChI=1S/C24H26ClN7O2/c1-3-32-22-17(14-30-24(31-22)29-9-11-34-10-6-26)12-19(23(32)33)18-5-4-16(13-20(18)25)21-15(2)27-7-8-28-21/h4-5,7-8,12-14H,3,6,9-11,26H2,1-2H3,(H,29,30,31). The maximum absolute atomic E-state index is 13.4. The maximum atomic E-state index is 13.4. The third-order valence-corrected chi connectivity index (χ3v) is 5.66. The van der Waals surface area contributed by atoms with Crippen molar-refractivity contribution in [2.45, 2.75) is 20.4 Å². The van der Waals surface area contributed by atoms with Crippen molar-refractivity contribution in [2.24, 2.45) is 5.73 Å². The van der Waals surface area contributed by atoms with Gasteiger partial charge in [-0.3, -0.25) is 19.3 Å². The number of ether oxygens (including phenoxy) is 1. The quantitative estimate of drug-likeness (QED) is 0.351. The molecule has 1 aromatic carbocycles. The topological polar surface area (TPSA) is 121 Å². The van der Waals surface area contributed by atoms with Crippen LogP contribution in [-0.4, -0.2) is 50.8 Å². The summed E-state index contributed by atoms with van der Waals surface area (Å²) in [6, 6.07) is 7.33. The Morgan fingerprint density at radius 2 is 1.94 bits per heavy atom. The van der Waals surface area contributed by atoms with E-state index in [1.54, 1.807) is 29.2 Å². The predicted octanol–water partition coefficient (Wildman–Crippen LogP) is 3.28. The maximum Gasteiger partial charge on any atom is 0.260 e. The second-order valence-corrected chi connectivity index (χ2v) is 8.00. The number of pyridine rings is 1. The van der Waals surface area contributed by atoms with Crippen LogP contribution < -0.4 is 16.6 Å². The van der Waals surface area contributed by atoms with Crippen molar-refractivity contribution >= 4 is 28.6 Å². The highest BCUT2D eigenvalue weighted by atomic mass is 35.5. The first-order chi connectivity index (χ1) is 16.5. The fourth-order valence-corrected chi connectivity index (χ4v) is 4.01. The Morgan fingerprint density at radius 3 is 2.68 bits per heavy atom. The molecular formula is C24H26ClN7O2. The minimum atomic E-state index is -0.170. The normalized spacial score (nSPS) is 11.2. The molecule has 0 saturated heterocycles. The van der Waals surface area contributed by atoms with Crippen molar-refractivity contribution in [1.82, 2.24) is 24.5 Å². The average Bonchev–Trinajstić information content (AvgIpc) is 2.84. The van der Waals surface area contributed by atoms with E-state index in [-0.39, 0.29) is 5.56 Å². The second kappa shape index (κ2) is 10.7. The largest absolute Gasteiger partial charge is 0.378 e. The second-order valence-electron chi connectivity index (χ2n) is 7.59. The monoisotopic (exact) mass is 479 g/mol. The van der Waals surface area contributed by atoms with Crippen LogP contribution in [-0.2, 0) is 11.3 Å². The Hall–Kier alpha value is -3.40. The van der Waals surface area contributed by atoms with Gasteiger partial charge in [-0.1, -0.05) is 23.7 Å². The van der Waals surface area contributed by atoms with Gasteiger partial charge in [0.25, 0.3) is 5.56 Å². The first-order valence-corrected chi connectivity index (χ1v) is 11.4. The van der Waals surface area contributed by atoms with E-state index < -0.39 is 0 Å². The number of aromatic nitrogens is 5. The van der Waals surface area contributed by atoms with Crippen LogP contribution in [0.5, 0.6) is 0 Å². The number of nitrogens with two attached hydrogens (primary N) is 1. The lowest BCUT2D eigenvalue weighted by atomic mass is 10.0. The first kappa shape index (κ1) is 23.7. The van der Waals surface area contributed by atoms with E-state index >= 15 is 0 Å². The van der Waals surface area contributed by atoms with E-state index in [0.29, 0.717) is 60.6 Å². The summed E-state index contributed by atoms with van der Waals surface area (Å²) in [6.07, 6.45) is 4.99. The van der Waals surface area contributed by atoms with Gasteiger partial charge in [0.05, 0.1) is 24.6 Å². The van der Waals surface area contributed by atoms with Crippen LogP contribution in [0.1, 0.15) is 12.6 Å². The molecule has 0 saturated carbocycles. The SMILES string of the molecule is CCn1c(=O)c(-c2ccc(-c3nccnc3C)cc2Cl)cc2cnc(NCCOCCN)nc21. The molecule has 0 aliphatic heterocycles. The summed E-state index contributed by atoms with van der Waals surface area (Å²) in [5, 5.41) is 4.31. The molecule has 0 atom stereocenters. The van der Waals surface area contributed by atoms with Crippen LogP contribution in [0.15, 0.2) is 47.7 Å². The van der Waals surface area contributed by atoms with Crippen molar-refractivity contribution in [1.29, 1.82) is 0 Å². The number of aryl methyl sites for hydroxylation is 2.